The van der Waals surface area contributed by atoms with Crippen molar-refractivity contribution in [2.45, 2.75) is 38.1 Å². The number of nitrogens with one attached hydrogen (secondary N) is 1. The molecule has 1 N–H and O–H groups in total. The van der Waals surface area contributed by atoms with Gasteiger partial charge in [0.15, 0.2) is 0 Å². The molecule has 2 aromatic rings. The zero-order chi connectivity index (χ0) is 20.8. The van der Waals surface area contributed by atoms with Gasteiger partial charge in [-0.25, -0.2) is 9.59 Å². The Labute approximate surface area is 176 Å². The molecule has 0 saturated heterocycles. The highest BCUT2D eigenvalue weighted by Gasteiger charge is 2.54. The Kier molecular flexibility index (Phi) is 4.76. The molecule has 5 heteroatoms. The van der Waals surface area contributed by atoms with Crippen LogP contribution in [0.1, 0.15) is 70.0 Å². The van der Waals surface area contributed by atoms with Gasteiger partial charge in [0.05, 0.1) is 36.6 Å². The van der Waals surface area contributed by atoms with Crippen molar-refractivity contribution in [3.8, 4) is 0 Å². The molecule has 0 spiro atoms. The third-order valence-electron chi connectivity index (χ3n) is 7.31. The summed E-state index contributed by atoms with van der Waals surface area (Å²) in [6, 6.07) is 13.8. The Balaban J connectivity index is 1.57. The van der Waals surface area contributed by atoms with Crippen LogP contribution in [0.3, 0.4) is 0 Å². The quantitative estimate of drug-likeness (QED) is 0.730. The molecule has 0 unspecified atom stereocenters. The molecule has 3 aliphatic rings. The maximum Gasteiger partial charge on any atom is 0.340 e. The molecule has 2 aliphatic carbocycles. The average molecular weight is 405 g/mol. The van der Waals surface area contributed by atoms with E-state index in [2.05, 4.69) is 11.4 Å². The van der Waals surface area contributed by atoms with Crippen molar-refractivity contribution in [1.29, 1.82) is 0 Å². The molecule has 2 saturated carbocycles. The fourth-order valence-electron chi connectivity index (χ4n) is 6.17. The van der Waals surface area contributed by atoms with Crippen LogP contribution >= 0.6 is 0 Å². The van der Waals surface area contributed by atoms with Gasteiger partial charge in [0.2, 0.25) is 0 Å². The van der Waals surface area contributed by atoms with E-state index in [1.54, 1.807) is 0 Å². The first kappa shape index (κ1) is 19.2. The molecular weight excluding hydrogens is 378 g/mol. The molecule has 156 valence electrons. The second-order valence-corrected chi connectivity index (χ2v) is 8.66. The number of carbonyl (C=O) groups is 2. The molecule has 1 aliphatic heterocycles. The maximum atomic E-state index is 12.7. The molecule has 5 atom stereocenters. The van der Waals surface area contributed by atoms with Gasteiger partial charge in [-0.3, -0.25) is 0 Å². The summed E-state index contributed by atoms with van der Waals surface area (Å²) < 4.78 is 10.2. The summed E-state index contributed by atoms with van der Waals surface area (Å²) in [7, 11) is 1.40. The largest absolute Gasteiger partial charge is 0.465 e. The summed E-state index contributed by atoms with van der Waals surface area (Å²) in [4.78, 5) is 24.5. The summed E-state index contributed by atoms with van der Waals surface area (Å²) in [5.74, 6) is 1.72. The summed E-state index contributed by atoms with van der Waals surface area (Å²) in [5, 5.41) is 3.72. The Morgan fingerprint density at radius 1 is 1.03 bits per heavy atom. The first-order valence-electron chi connectivity index (χ1n) is 10.9. The lowest BCUT2D eigenvalue weighted by molar-refractivity contribution is 0.0525. The SMILES string of the molecule is CCOC(=O)c1cccc2c1N[C@H](c1ccc(C(=O)OC)cc1)[C@@H]1[C@H]3CC[C@@H](C3)[C@H]21. The van der Waals surface area contributed by atoms with E-state index in [4.69, 9.17) is 9.47 Å². The predicted octanol–water partition coefficient (Wildman–Crippen LogP) is 4.95. The number of ether oxygens (including phenoxy) is 2. The van der Waals surface area contributed by atoms with Crippen LogP contribution in [-0.2, 0) is 9.47 Å². The smallest absolute Gasteiger partial charge is 0.340 e. The number of fused-ring (bicyclic) bond motifs is 7. The van der Waals surface area contributed by atoms with E-state index in [0.29, 0.717) is 41.4 Å². The van der Waals surface area contributed by atoms with Crippen molar-refractivity contribution in [2.75, 3.05) is 19.0 Å². The number of benzene rings is 2. The summed E-state index contributed by atoms with van der Waals surface area (Å²) >= 11 is 0. The van der Waals surface area contributed by atoms with Gasteiger partial charge < -0.3 is 14.8 Å². The van der Waals surface area contributed by atoms with E-state index in [1.807, 2.05) is 43.3 Å². The van der Waals surface area contributed by atoms with E-state index in [0.717, 1.165) is 11.3 Å². The van der Waals surface area contributed by atoms with Gasteiger partial charge in [-0.1, -0.05) is 24.3 Å². The van der Waals surface area contributed by atoms with Crippen molar-refractivity contribution >= 4 is 17.6 Å². The van der Waals surface area contributed by atoms with Crippen LogP contribution in [0.5, 0.6) is 0 Å². The van der Waals surface area contributed by atoms with Crippen LogP contribution in [0.2, 0.25) is 0 Å². The zero-order valence-corrected chi connectivity index (χ0v) is 17.4. The van der Waals surface area contributed by atoms with Crippen molar-refractivity contribution in [2.24, 2.45) is 17.8 Å². The van der Waals surface area contributed by atoms with Crippen LogP contribution in [0.15, 0.2) is 42.5 Å². The minimum atomic E-state index is -0.328. The minimum Gasteiger partial charge on any atom is -0.465 e. The lowest BCUT2D eigenvalue weighted by atomic mass is 9.67. The summed E-state index contributed by atoms with van der Waals surface area (Å²) in [6.45, 7) is 2.19. The van der Waals surface area contributed by atoms with Crippen LogP contribution in [-0.4, -0.2) is 25.7 Å². The number of carbonyl (C=O) groups excluding carboxylic acids is 2. The van der Waals surface area contributed by atoms with E-state index >= 15 is 0 Å². The first-order chi connectivity index (χ1) is 14.6. The van der Waals surface area contributed by atoms with Gasteiger partial charge in [0, 0.05) is 0 Å². The monoisotopic (exact) mass is 405 g/mol. The molecule has 5 rings (SSSR count). The van der Waals surface area contributed by atoms with Crippen molar-refractivity contribution < 1.29 is 19.1 Å². The number of rotatable bonds is 4. The molecular formula is C25H27NO4. The summed E-state index contributed by atoms with van der Waals surface area (Å²) in [6.07, 6.45) is 3.80. The minimum absolute atomic E-state index is 0.111. The number of esters is 2. The van der Waals surface area contributed by atoms with E-state index < -0.39 is 0 Å². The van der Waals surface area contributed by atoms with E-state index in [9.17, 15) is 9.59 Å². The highest BCUT2D eigenvalue weighted by molar-refractivity contribution is 5.97. The normalized spacial score (nSPS) is 28.3. The Morgan fingerprint density at radius 3 is 2.53 bits per heavy atom. The molecule has 0 aromatic heterocycles. The Bertz CT molecular complexity index is 983. The van der Waals surface area contributed by atoms with Crippen LogP contribution < -0.4 is 5.32 Å². The lowest BCUT2D eigenvalue weighted by Gasteiger charge is -2.44. The average Bonchev–Trinajstić information content (AvgIpc) is 3.40. The highest BCUT2D eigenvalue weighted by atomic mass is 16.5. The predicted molar refractivity (Wildman–Crippen MR) is 114 cm³/mol. The number of anilines is 1. The zero-order valence-electron chi connectivity index (χ0n) is 17.4. The fraction of sp³-hybridized carbons (Fsp3) is 0.440. The van der Waals surface area contributed by atoms with Gasteiger partial charge in [0.1, 0.15) is 0 Å². The molecule has 2 aromatic carbocycles. The molecule has 0 radical (unpaired) electrons. The van der Waals surface area contributed by atoms with Crippen molar-refractivity contribution in [3.05, 3.63) is 64.7 Å². The third-order valence-corrected chi connectivity index (χ3v) is 7.31. The first-order valence-corrected chi connectivity index (χ1v) is 10.9. The summed E-state index contributed by atoms with van der Waals surface area (Å²) in [5.41, 5.74) is 4.50. The van der Waals surface area contributed by atoms with Crippen molar-refractivity contribution in [3.63, 3.8) is 0 Å². The lowest BCUT2D eigenvalue weighted by Crippen LogP contribution is -2.36. The van der Waals surface area contributed by atoms with Gasteiger partial charge in [-0.15, -0.1) is 0 Å². The maximum absolute atomic E-state index is 12.7. The number of methoxy groups -OCH3 is 1. The van der Waals surface area contributed by atoms with Gasteiger partial charge in [-0.05, 0) is 79.2 Å². The van der Waals surface area contributed by atoms with Crippen LogP contribution in [0, 0.1) is 17.8 Å². The molecule has 2 fully saturated rings. The topological polar surface area (TPSA) is 64.6 Å². The molecule has 30 heavy (non-hydrogen) atoms. The Morgan fingerprint density at radius 2 is 1.80 bits per heavy atom. The standard InChI is InChI=1S/C25H27NO4/c1-3-30-25(28)19-6-4-5-18-20-16-11-12-17(13-16)21(20)22(26-23(18)19)14-7-9-15(10-8-14)24(27)29-2/h4-10,16-17,20-22,26H,3,11-13H2,1-2H3/t16-,17-,20+,21+,22+/m0/s1. The van der Waals surface area contributed by atoms with Crippen molar-refractivity contribution in [1.82, 2.24) is 0 Å². The van der Waals surface area contributed by atoms with Gasteiger partial charge in [-0.2, -0.15) is 0 Å². The molecule has 2 bridgehead atoms. The Hall–Kier alpha value is -2.82. The van der Waals surface area contributed by atoms with E-state index in [1.165, 1.54) is 31.9 Å². The fourth-order valence-corrected chi connectivity index (χ4v) is 6.17. The third kappa shape index (κ3) is 2.91. The molecule has 5 nitrogen and oxygen atoms in total. The van der Waals surface area contributed by atoms with Gasteiger partial charge in [0.25, 0.3) is 0 Å². The van der Waals surface area contributed by atoms with Crippen LogP contribution in [0.25, 0.3) is 0 Å². The second-order valence-electron chi connectivity index (χ2n) is 8.66. The molecule has 1 heterocycles. The van der Waals surface area contributed by atoms with Gasteiger partial charge >= 0.3 is 11.9 Å². The van der Waals surface area contributed by atoms with Crippen LogP contribution in [0.4, 0.5) is 5.69 Å². The number of hydrogen-bond donors (Lipinski definition) is 1. The second kappa shape index (κ2) is 7.46. The number of hydrogen-bond acceptors (Lipinski definition) is 5. The highest BCUT2D eigenvalue weighted by Crippen LogP contribution is 2.64. The van der Waals surface area contributed by atoms with E-state index in [-0.39, 0.29) is 18.0 Å². The molecule has 0 amide bonds. The number of para-hydroxylation sites is 1.